The number of rotatable bonds is 2. The van der Waals surface area contributed by atoms with Crippen molar-refractivity contribution in [2.75, 3.05) is 0 Å². The van der Waals surface area contributed by atoms with E-state index in [4.69, 9.17) is 0 Å². The van der Waals surface area contributed by atoms with Crippen LogP contribution in [0.4, 0.5) is 13.2 Å². The van der Waals surface area contributed by atoms with Gasteiger partial charge in [0.25, 0.3) is 0 Å². The highest BCUT2D eigenvalue weighted by Gasteiger charge is 2.13. The van der Waals surface area contributed by atoms with Crippen LogP contribution < -0.4 is 0 Å². The number of nitrogens with zero attached hydrogens (tertiary/aromatic N) is 3. The largest absolute Gasteiger partial charge is 0.252 e. The Morgan fingerprint density at radius 2 is 1.81 bits per heavy atom. The zero-order valence-electron chi connectivity index (χ0n) is 8.41. The SMILES string of the molecule is CCn1cc(-c2cc(F)c(F)c(F)c2)nn1. The fourth-order valence-electron chi connectivity index (χ4n) is 1.29. The van der Waals surface area contributed by atoms with Crippen LogP contribution in [0, 0.1) is 17.5 Å². The molecule has 16 heavy (non-hydrogen) atoms. The summed E-state index contributed by atoms with van der Waals surface area (Å²) in [6.07, 6.45) is 1.53. The van der Waals surface area contributed by atoms with Crippen molar-refractivity contribution in [3.63, 3.8) is 0 Å². The number of hydrogen-bond acceptors (Lipinski definition) is 2. The first-order valence-electron chi connectivity index (χ1n) is 4.67. The van der Waals surface area contributed by atoms with Crippen LogP contribution in [0.3, 0.4) is 0 Å². The molecule has 0 spiro atoms. The molecule has 0 amide bonds. The zero-order valence-corrected chi connectivity index (χ0v) is 8.41. The van der Waals surface area contributed by atoms with Crippen molar-refractivity contribution in [3.05, 3.63) is 35.8 Å². The number of halogens is 3. The van der Waals surface area contributed by atoms with Crippen molar-refractivity contribution >= 4 is 0 Å². The number of aryl methyl sites for hydroxylation is 1. The van der Waals surface area contributed by atoms with Gasteiger partial charge in [0.2, 0.25) is 0 Å². The summed E-state index contributed by atoms with van der Waals surface area (Å²) in [5, 5.41) is 7.45. The van der Waals surface area contributed by atoms with Crippen LogP contribution in [0.25, 0.3) is 11.3 Å². The van der Waals surface area contributed by atoms with E-state index in [0.717, 1.165) is 12.1 Å². The van der Waals surface area contributed by atoms with Crippen molar-refractivity contribution in [1.82, 2.24) is 15.0 Å². The standard InChI is InChI=1S/C10H8F3N3/c1-2-16-5-9(14-15-16)6-3-7(11)10(13)8(12)4-6/h3-5H,2H2,1H3. The third kappa shape index (κ3) is 1.78. The minimum Gasteiger partial charge on any atom is -0.252 e. The van der Waals surface area contributed by atoms with Gasteiger partial charge in [-0.05, 0) is 19.1 Å². The molecule has 0 bridgehead atoms. The molecule has 0 saturated carbocycles. The van der Waals surface area contributed by atoms with Gasteiger partial charge in [-0.2, -0.15) is 0 Å². The van der Waals surface area contributed by atoms with Gasteiger partial charge in [-0.1, -0.05) is 5.21 Å². The molecule has 1 aromatic heterocycles. The van der Waals surface area contributed by atoms with Crippen molar-refractivity contribution in [2.45, 2.75) is 13.5 Å². The Morgan fingerprint density at radius 1 is 1.19 bits per heavy atom. The van der Waals surface area contributed by atoms with Crippen LogP contribution in [-0.4, -0.2) is 15.0 Å². The topological polar surface area (TPSA) is 30.7 Å². The van der Waals surface area contributed by atoms with Crippen molar-refractivity contribution in [1.29, 1.82) is 0 Å². The lowest BCUT2D eigenvalue weighted by Crippen LogP contribution is -1.93. The molecule has 0 saturated heterocycles. The number of aromatic nitrogens is 3. The molecule has 0 N–H and O–H groups in total. The van der Waals surface area contributed by atoms with Gasteiger partial charge < -0.3 is 0 Å². The van der Waals surface area contributed by atoms with E-state index < -0.39 is 17.5 Å². The van der Waals surface area contributed by atoms with E-state index in [9.17, 15) is 13.2 Å². The molecular formula is C10H8F3N3. The van der Waals surface area contributed by atoms with E-state index in [1.807, 2.05) is 6.92 Å². The third-order valence-electron chi connectivity index (χ3n) is 2.14. The lowest BCUT2D eigenvalue weighted by atomic mass is 10.1. The van der Waals surface area contributed by atoms with E-state index >= 15 is 0 Å². The molecule has 6 heteroatoms. The van der Waals surface area contributed by atoms with Gasteiger partial charge >= 0.3 is 0 Å². The van der Waals surface area contributed by atoms with Gasteiger partial charge in [0.05, 0.1) is 6.20 Å². The average Bonchev–Trinajstić information content (AvgIpc) is 2.73. The van der Waals surface area contributed by atoms with E-state index in [1.165, 1.54) is 10.9 Å². The van der Waals surface area contributed by atoms with Gasteiger partial charge in [-0.25, -0.2) is 13.2 Å². The first-order valence-corrected chi connectivity index (χ1v) is 4.67. The van der Waals surface area contributed by atoms with Gasteiger partial charge in [0.15, 0.2) is 17.5 Å². The van der Waals surface area contributed by atoms with Crippen molar-refractivity contribution in [2.24, 2.45) is 0 Å². The Balaban J connectivity index is 2.48. The fourth-order valence-corrected chi connectivity index (χ4v) is 1.29. The lowest BCUT2D eigenvalue weighted by molar-refractivity contribution is 0.447. The first-order chi connectivity index (χ1) is 7.61. The Bertz CT molecular complexity index is 499. The molecule has 0 radical (unpaired) electrons. The monoisotopic (exact) mass is 227 g/mol. The van der Waals surface area contributed by atoms with Crippen molar-refractivity contribution < 1.29 is 13.2 Å². The highest BCUT2D eigenvalue weighted by atomic mass is 19.2. The summed E-state index contributed by atoms with van der Waals surface area (Å²) in [6, 6.07) is 1.78. The van der Waals surface area contributed by atoms with E-state index in [0.29, 0.717) is 12.2 Å². The minimum absolute atomic E-state index is 0.163. The van der Waals surface area contributed by atoms with Crippen molar-refractivity contribution in [3.8, 4) is 11.3 Å². The molecule has 0 aliphatic carbocycles. The van der Waals surface area contributed by atoms with Crippen LogP contribution in [0.5, 0.6) is 0 Å². The predicted octanol–water partition coefficient (Wildman–Crippen LogP) is 2.38. The molecule has 0 fully saturated rings. The normalized spacial score (nSPS) is 10.8. The van der Waals surface area contributed by atoms with Gasteiger partial charge in [0, 0.05) is 12.1 Å². The molecule has 84 valence electrons. The lowest BCUT2D eigenvalue weighted by Gasteiger charge is -1.99. The van der Waals surface area contributed by atoms with Crippen LogP contribution >= 0.6 is 0 Å². The molecule has 3 nitrogen and oxygen atoms in total. The molecule has 0 unspecified atom stereocenters. The zero-order chi connectivity index (χ0) is 11.7. The fraction of sp³-hybridized carbons (Fsp3) is 0.200. The summed E-state index contributed by atoms with van der Waals surface area (Å²) in [6.45, 7) is 2.45. The molecular weight excluding hydrogens is 219 g/mol. The summed E-state index contributed by atoms with van der Waals surface area (Å²) in [5.74, 6) is -3.95. The second-order valence-electron chi connectivity index (χ2n) is 3.21. The highest BCUT2D eigenvalue weighted by Crippen LogP contribution is 2.21. The molecule has 2 aromatic rings. The molecule has 0 aliphatic rings. The summed E-state index contributed by atoms with van der Waals surface area (Å²) in [7, 11) is 0. The summed E-state index contributed by atoms with van der Waals surface area (Å²) < 4.78 is 40.1. The number of hydrogen-bond donors (Lipinski definition) is 0. The molecule has 0 aliphatic heterocycles. The summed E-state index contributed by atoms with van der Waals surface area (Å²) in [4.78, 5) is 0. The Morgan fingerprint density at radius 3 is 2.31 bits per heavy atom. The quantitative estimate of drug-likeness (QED) is 0.737. The molecule has 1 heterocycles. The molecule has 0 atom stereocenters. The summed E-state index contributed by atoms with van der Waals surface area (Å²) in [5.41, 5.74) is 0.468. The van der Waals surface area contributed by atoms with E-state index in [2.05, 4.69) is 10.3 Å². The van der Waals surface area contributed by atoms with Gasteiger partial charge in [0.1, 0.15) is 5.69 Å². The number of benzene rings is 1. The second kappa shape index (κ2) is 3.96. The Kier molecular flexibility index (Phi) is 2.64. The van der Waals surface area contributed by atoms with Gasteiger partial charge in [-0.15, -0.1) is 5.10 Å². The van der Waals surface area contributed by atoms with Crippen LogP contribution in [-0.2, 0) is 6.54 Å². The third-order valence-corrected chi connectivity index (χ3v) is 2.14. The minimum atomic E-state index is -1.48. The first kappa shape index (κ1) is 10.7. The maximum Gasteiger partial charge on any atom is 0.194 e. The second-order valence-corrected chi connectivity index (χ2v) is 3.21. The smallest absolute Gasteiger partial charge is 0.194 e. The van der Waals surface area contributed by atoms with Gasteiger partial charge in [-0.3, -0.25) is 4.68 Å². The molecule has 1 aromatic carbocycles. The Hall–Kier alpha value is -1.85. The van der Waals surface area contributed by atoms with Crippen LogP contribution in [0.15, 0.2) is 18.3 Å². The highest BCUT2D eigenvalue weighted by molar-refractivity contribution is 5.57. The maximum atomic E-state index is 12.9. The van der Waals surface area contributed by atoms with Crippen LogP contribution in [0.1, 0.15) is 6.92 Å². The Labute approximate surface area is 89.5 Å². The maximum absolute atomic E-state index is 12.9. The van der Waals surface area contributed by atoms with Crippen LogP contribution in [0.2, 0.25) is 0 Å². The predicted molar refractivity (Wildman–Crippen MR) is 51.0 cm³/mol. The molecule has 2 rings (SSSR count). The van der Waals surface area contributed by atoms with E-state index in [1.54, 1.807) is 0 Å². The van der Waals surface area contributed by atoms with E-state index in [-0.39, 0.29) is 5.56 Å². The average molecular weight is 227 g/mol. The summed E-state index contributed by atoms with van der Waals surface area (Å²) >= 11 is 0.